The van der Waals surface area contributed by atoms with Crippen LogP contribution in [0.5, 0.6) is 0 Å². The molecule has 0 aliphatic heterocycles. The van der Waals surface area contributed by atoms with Gasteiger partial charge in [0.2, 0.25) is 0 Å². The van der Waals surface area contributed by atoms with Crippen LogP contribution in [0.4, 0.5) is 4.79 Å². The molecule has 1 saturated carbocycles. The lowest BCUT2D eigenvalue weighted by Crippen LogP contribution is -2.40. The van der Waals surface area contributed by atoms with Crippen molar-refractivity contribution < 1.29 is 9.53 Å². The van der Waals surface area contributed by atoms with E-state index in [1.165, 1.54) is 10.7 Å². The maximum absolute atomic E-state index is 12.6. The standard InChI is InChI=1S/C26H29BrN2O3S/c27-20-13-14-22-23(15-20)28-21(16-25(22)30)11-6-10-19-9-4-5-12-24(19)29(33)26(31)32-17-18-7-2-1-3-8-18/h1-3,7-8,13-16,19,24,33H,4-6,9-12,17H2,(H,28,30)/t19-,24-/m0/s1. The summed E-state index contributed by atoms with van der Waals surface area (Å²) in [5.41, 5.74) is 2.81. The molecule has 3 aromatic rings. The first kappa shape index (κ1) is 23.9. The predicted molar refractivity (Wildman–Crippen MR) is 138 cm³/mol. The number of pyridine rings is 1. The fraction of sp³-hybridized carbons (Fsp3) is 0.385. The molecule has 0 unspecified atom stereocenters. The first-order valence-corrected chi connectivity index (χ1v) is 12.7. The average molecular weight is 530 g/mol. The lowest BCUT2D eigenvalue weighted by molar-refractivity contribution is 0.0944. The number of H-pyrrole nitrogens is 1. The second kappa shape index (κ2) is 11.3. The third-order valence-electron chi connectivity index (χ3n) is 6.44. The zero-order valence-corrected chi connectivity index (χ0v) is 21.0. The Morgan fingerprint density at radius 3 is 2.73 bits per heavy atom. The van der Waals surface area contributed by atoms with Crippen LogP contribution in [-0.2, 0) is 17.8 Å². The summed E-state index contributed by atoms with van der Waals surface area (Å²) in [5, 5.41) is 0.703. The van der Waals surface area contributed by atoms with Gasteiger partial charge in [0.25, 0.3) is 0 Å². The number of nitrogens with zero attached hydrogens (tertiary/aromatic N) is 1. The van der Waals surface area contributed by atoms with E-state index >= 15 is 0 Å². The fourth-order valence-electron chi connectivity index (χ4n) is 4.74. The molecule has 1 heterocycles. The minimum atomic E-state index is -0.386. The molecule has 0 radical (unpaired) electrons. The minimum absolute atomic E-state index is 0.0458. The van der Waals surface area contributed by atoms with Gasteiger partial charge in [-0.25, -0.2) is 4.79 Å². The van der Waals surface area contributed by atoms with E-state index in [9.17, 15) is 9.59 Å². The van der Waals surface area contributed by atoms with E-state index in [-0.39, 0.29) is 24.2 Å². The van der Waals surface area contributed by atoms with E-state index in [0.717, 1.165) is 59.8 Å². The number of benzene rings is 2. The summed E-state index contributed by atoms with van der Waals surface area (Å²) in [5.74, 6) is 0.377. The van der Waals surface area contributed by atoms with E-state index < -0.39 is 0 Å². The Labute approximate surface area is 208 Å². The number of carbonyl (C=O) groups excluding carboxylic acids is 1. The van der Waals surface area contributed by atoms with Crippen molar-refractivity contribution in [3.8, 4) is 0 Å². The molecule has 33 heavy (non-hydrogen) atoms. The van der Waals surface area contributed by atoms with Gasteiger partial charge in [-0.2, -0.15) is 0 Å². The van der Waals surface area contributed by atoms with E-state index in [4.69, 9.17) is 4.74 Å². The topological polar surface area (TPSA) is 62.4 Å². The number of hydrogen-bond donors (Lipinski definition) is 2. The van der Waals surface area contributed by atoms with Crippen molar-refractivity contribution in [3.05, 3.63) is 80.6 Å². The molecule has 0 spiro atoms. The summed E-state index contributed by atoms with van der Waals surface area (Å²) in [6.45, 7) is 0.250. The molecule has 2 atom stereocenters. The highest BCUT2D eigenvalue weighted by Gasteiger charge is 2.32. The van der Waals surface area contributed by atoms with Gasteiger partial charge in [-0.15, -0.1) is 0 Å². The van der Waals surface area contributed by atoms with Gasteiger partial charge in [0.05, 0.1) is 5.52 Å². The number of nitrogens with one attached hydrogen (secondary N) is 1. The van der Waals surface area contributed by atoms with Crippen molar-refractivity contribution in [1.82, 2.24) is 9.29 Å². The highest BCUT2D eigenvalue weighted by Crippen LogP contribution is 2.33. The zero-order valence-electron chi connectivity index (χ0n) is 18.5. The molecule has 1 N–H and O–H groups in total. The maximum atomic E-state index is 12.6. The SMILES string of the molecule is O=C(OCc1ccccc1)N(S)[C@H]1CCCC[C@H]1CCCc1cc(=O)c2ccc(Br)cc2[nH]1. The van der Waals surface area contributed by atoms with Gasteiger partial charge in [-0.3, -0.25) is 9.10 Å². The Balaban J connectivity index is 1.34. The molecule has 4 rings (SSSR count). The van der Waals surface area contributed by atoms with Crippen LogP contribution < -0.4 is 5.43 Å². The normalized spacial score (nSPS) is 18.2. The molecule has 1 aliphatic rings. The summed E-state index contributed by atoms with van der Waals surface area (Å²) in [6, 6.07) is 17.1. The van der Waals surface area contributed by atoms with Crippen LogP contribution in [0.25, 0.3) is 10.9 Å². The fourth-order valence-corrected chi connectivity index (χ4v) is 5.46. The molecule has 1 fully saturated rings. The molecular formula is C26H29BrN2O3S. The van der Waals surface area contributed by atoms with Crippen LogP contribution in [0.15, 0.2) is 63.9 Å². The number of aryl methyl sites for hydroxylation is 1. The molecular weight excluding hydrogens is 500 g/mol. The Bertz CT molecular complexity index is 1150. The van der Waals surface area contributed by atoms with Gasteiger partial charge in [-0.05, 0) is 61.8 Å². The molecule has 7 heteroatoms. The van der Waals surface area contributed by atoms with E-state index in [2.05, 4.69) is 33.7 Å². The van der Waals surface area contributed by atoms with E-state index in [0.29, 0.717) is 11.3 Å². The molecule has 0 saturated heterocycles. The van der Waals surface area contributed by atoms with Crippen LogP contribution >= 0.6 is 28.7 Å². The predicted octanol–water partition coefficient (Wildman–Crippen LogP) is 6.66. The summed E-state index contributed by atoms with van der Waals surface area (Å²) < 4.78 is 7.94. The maximum Gasteiger partial charge on any atom is 0.420 e. The molecule has 1 aliphatic carbocycles. The molecule has 0 bridgehead atoms. The number of aromatic amines is 1. The van der Waals surface area contributed by atoms with Gasteiger partial charge >= 0.3 is 6.09 Å². The third-order valence-corrected chi connectivity index (χ3v) is 7.40. The van der Waals surface area contributed by atoms with Crippen LogP contribution in [0.3, 0.4) is 0 Å². The average Bonchev–Trinajstić information content (AvgIpc) is 2.83. The van der Waals surface area contributed by atoms with Gasteiger partial charge in [0, 0.05) is 27.7 Å². The van der Waals surface area contributed by atoms with Crippen molar-refractivity contribution >= 4 is 45.7 Å². The van der Waals surface area contributed by atoms with Gasteiger partial charge < -0.3 is 9.72 Å². The first-order chi connectivity index (χ1) is 16.0. The molecule has 1 aromatic heterocycles. The highest BCUT2D eigenvalue weighted by atomic mass is 79.9. The third kappa shape index (κ3) is 6.21. The van der Waals surface area contributed by atoms with E-state index in [1.807, 2.05) is 48.5 Å². The minimum Gasteiger partial charge on any atom is -0.444 e. The first-order valence-electron chi connectivity index (χ1n) is 11.5. The van der Waals surface area contributed by atoms with Crippen LogP contribution in [0.2, 0.25) is 0 Å². The number of rotatable bonds is 7. The van der Waals surface area contributed by atoms with Gasteiger partial charge in [0.15, 0.2) is 5.43 Å². The van der Waals surface area contributed by atoms with Crippen molar-refractivity contribution in [2.24, 2.45) is 5.92 Å². The Morgan fingerprint density at radius 2 is 1.91 bits per heavy atom. The number of ether oxygens (including phenoxy) is 1. The Morgan fingerprint density at radius 1 is 1.12 bits per heavy atom. The Kier molecular flexibility index (Phi) is 8.15. The van der Waals surface area contributed by atoms with Gasteiger partial charge in [-0.1, -0.05) is 71.9 Å². The quantitative estimate of drug-likeness (QED) is 0.337. The summed E-state index contributed by atoms with van der Waals surface area (Å²) in [6.07, 6.45) is 6.61. The van der Waals surface area contributed by atoms with E-state index in [1.54, 1.807) is 6.07 Å². The van der Waals surface area contributed by atoms with Crippen molar-refractivity contribution in [1.29, 1.82) is 0 Å². The highest BCUT2D eigenvalue weighted by molar-refractivity contribution is 9.10. The Hall–Kier alpha value is -2.25. The van der Waals surface area contributed by atoms with Crippen molar-refractivity contribution in [2.75, 3.05) is 0 Å². The monoisotopic (exact) mass is 528 g/mol. The van der Waals surface area contributed by atoms with Crippen molar-refractivity contribution in [2.45, 2.75) is 57.6 Å². The number of hydrogen-bond acceptors (Lipinski definition) is 4. The smallest absolute Gasteiger partial charge is 0.420 e. The molecule has 174 valence electrons. The second-order valence-corrected chi connectivity index (χ2v) is 10.1. The van der Waals surface area contributed by atoms with Crippen LogP contribution in [0, 0.1) is 5.92 Å². The largest absolute Gasteiger partial charge is 0.444 e. The lowest BCUT2D eigenvalue weighted by Gasteiger charge is -2.36. The van der Waals surface area contributed by atoms with Crippen LogP contribution in [-0.4, -0.2) is 21.4 Å². The number of aromatic nitrogens is 1. The van der Waals surface area contributed by atoms with Crippen molar-refractivity contribution in [3.63, 3.8) is 0 Å². The number of halogens is 1. The molecule has 1 amide bonds. The summed E-state index contributed by atoms with van der Waals surface area (Å²) in [4.78, 5) is 28.5. The number of carbonyl (C=O) groups is 1. The number of amides is 1. The van der Waals surface area contributed by atoms with Gasteiger partial charge in [0.1, 0.15) is 6.61 Å². The molecule has 2 aromatic carbocycles. The summed E-state index contributed by atoms with van der Waals surface area (Å²) in [7, 11) is 0. The van der Waals surface area contributed by atoms with Crippen LogP contribution in [0.1, 0.15) is 49.8 Å². The zero-order chi connectivity index (χ0) is 23.2. The second-order valence-electron chi connectivity index (χ2n) is 8.74. The molecule has 5 nitrogen and oxygen atoms in total. The lowest BCUT2D eigenvalue weighted by atomic mass is 9.81. The number of thiol groups is 1. The number of fused-ring (bicyclic) bond motifs is 1. The summed E-state index contributed by atoms with van der Waals surface area (Å²) >= 11 is 8.01.